The van der Waals surface area contributed by atoms with E-state index in [1.165, 1.54) is 5.56 Å². The Morgan fingerprint density at radius 1 is 1.11 bits per heavy atom. The first-order valence-electron chi connectivity index (χ1n) is 9.51. The molecule has 0 saturated carbocycles. The van der Waals surface area contributed by atoms with Crippen LogP contribution in [0.2, 0.25) is 0 Å². The van der Waals surface area contributed by atoms with Crippen LogP contribution >= 0.6 is 0 Å². The molecule has 0 amide bonds. The van der Waals surface area contributed by atoms with Crippen molar-refractivity contribution < 1.29 is 9.84 Å². The number of nitrogens with one attached hydrogen (secondary N) is 1. The van der Waals surface area contributed by atoms with Crippen LogP contribution in [0.3, 0.4) is 0 Å². The number of benzene rings is 2. The number of nitrogens with zero attached hydrogens (tertiary/aromatic N) is 2. The third kappa shape index (κ3) is 3.66. The predicted molar refractivity (Wildman–Crippen MR) is 110 cm³/mol. The summed E-state index contributed by atoms with van der Waals surface area (Å²) < 4.78 is 5.49. The van der Waals surface area contributed by atoms with Crippen LogP contribution in [0.5, 0.6) is 5.75 Å². The number of β-amino-alcohol motifs (C(OH)–C–C–N with tert-alkyl or cyclic N) is 1. The zero-order valence-corrected chi connectivity index (χ0v) is 16.0. The van der Waals surface area contributed by atoms with Gasteiger partial charge in [-0.3, -0.25) is 4.90 Å². The number of fused-ring (bicyclic) bond motifs is 1. The van der Waals surface area contributed by atoms with Gasteiger partial charge in [0.05, 0.1) is 18.9 Å². The zero-order chi connectivity index (χ0) is 18.8. The Bertz CT molecular complexity index is 913. The minimum atomic E-state index is -0.488. The number of hydrogen-bond donors (Lipinski definition) is 2. The molecule has 0 spiro atoms. The second-order valence-corrected chi connectivity index (χ2v) is 7.27. The molecule has 1 aliphatic heterocycles. The number of aliphatic hydroxyl groups excluding tert-OH is 1. The van der Waals surface area contributed by atoms with Gasteiger partial charge in [0.2, 0.25) is 0 Å². The van der Waals surface area contributed by atoms with Gasteiger partial charge in [-0.25, -0.2) is 0 Å². The molecule has 1 aromatic heterocycles. The average molecular weight is 365 g/mol. The Morgan fingerprint density at radius 3 is 2.67 bits per heavy atom. The summed E-state index contributed by atoms with van der Waals surface area (Å²) in [6.45, 7) is 6.45. The molecular formula is C22H27N3O2. The fraction of sp³-hybridized carbons (Fsp3) is 0.364. The van der Waals surface area contributed by atoms with Crippen LogP contribution in [0, 0.1) is 6.92 Å². The molecule has 142 valence electrons. The molecule has 3 aromatic rings. The van der Waals surface area contributed by atoms with Crippen molar-refractivity contribution in [2.75, 3.05) is 44.7 Å². The van der Waals surface area contributed by atoms with Gasteiger partial charge < -0.3 is 19.7 Å². The summed E-state index contributed by atoms with van der Waals surface area (Å²) in [6, 6.07) is 14.5. The van der Waals surface area contributed by atoms with Gasteiger partial charge in [0.1, 0.15) is 5.75 Å². The van der Waals surface area contributed by atoms with Crippen molar-refractivity contribution in [3.05, 3.63) is 59.8 Å². The first-order valence-corrected chi connectivity index (χ1v) is 9.51. The van der Waals surface area contributed by atoms with Crippen LogP contribution < -0.4 is 9.64 Å². The van der Waals surface area contributed by atoms with E-state index in [4.69, 9.17) is 4.74 Å². The Kier molecular flexibility index (Phi) is 5.05. The second-order valence-electron chi connectivity index (χ2n) is 7.27. The smallest absolute Gasteiger partial charge is 0.142 e. The predicted octanol–water partition coefficient (Wildman–Crippen LogP) is 3.34. The molecule has 1 atom stereocenters. The minimum Gasteiger partial charge on any atom is -0.495 e. The molecule has 0 radical (unpaired) electrons. The molecule has 2 N–H and O–H groups in total. The van der Waals surface area contributed by atoms with E-state index in [2.05, 4.69) is 46.0 Å². The van der Waals surface area contributed by atoms with Crippen molar-refractivity contribution in [3.8, 4) is 5.75 Å². The fourth-order valence-electron chi connectivity index (χ4n) is 3.94. The van der Waals surface area contributed by atoms with Gasteiger partial charge in [-0.2, -0.15) is 0 Å². The van der Waals surface area contributed by atoms with Gasteiger partial charge in [0.15, 0.2) is 0 Å². The van der Waals surface area contributed by atoms with Crippen LogP contribution in [0.15, 0.2) is 48.7 Å². The number of para-hydroxylation sites is 2. The fourth-order valence-corrected chi connectivity index (χ4v) is 3.94. The molecule has 5 heteroatoms. The molecule has 27 heavy (non-hydrogen) atoms. The molecule has 0 aliphatic carbocycles. The Morgan fingerprint density at radius 2 is 1.89 bits per heavy atom. The largest absolute Gasteiger partial charge is 0.495 e. The monoisotopic (exact) mass is 365 g/mol. The summed E-state index contributed by atoms with van der Waals surface area (Å²) in [5.74, 6) is 0.917. The summed E-state index contributed by atoms with van der Waals surface area (Å²) in [6.07, 6.45) is 1.46. The molecule has 2 heterocycles. The van der Waals surface area contributed by atoms with E-state index in [0.717, 1.165) is 54.1 Å². The maximum atomic E-state index is 10.8. The molecular weight excluding hydrogens is 338 g/mol. The van der Waals surface area contributed by atoms with Gasteiger partial charge >= 0.3 is 0 Å². The first kappa shape index (κ1) is 17.9. The van der Waals surface area contributed by atoms with Gasteiger partial charge in [0.25, 0.3) is 0 Å². The number of rotatable bonds is 5. The van der Waals surface area contributed by atoms with E-state index in [-0.39, 0.29) is 0 Å². The van der Waals surface area contributed by atoms with Gasteiger partial charge in [-0.1, -0.05) is 23.8 Å². The summed E-state index contributed by atoms with van der Waals surface area (Å²) >= 11 is 0. The number of aromatic nitrogens is 1. The second kappa shape index (κ2) is 7.62. The van der Waals surface area contributed by atoms with Crippen molar-refractivity contribution in [2.45, 2.75) is 13.0 Å². The molecule has 0 bridgehead atoms. The van der Waals surface area contributed by atoms with Crippen molar-refractivity contribution in [1.29, 1.82) is 0 Å². The third-order valence-corrected chi connectivity index (χ3v) is 5.46. The van der Waals surface area contributed by atoms with Crippen molar-refractivity contribution in [1.82, 2.24) is 9.88 Å². The van der Waals surface area contributed by atoms with Gasteiger partial charge in [0, 0.05) is 55.4 Å². The lowest BCUT2D eigenvalue weighted by atomic mass is 10.1. The zero-order valence-electron chi connectivity index (χ0n) is 16.0. The summed E-state index contributed by atoms with van der Waals surface area (Å²) in [5, 5.41) is 11.9. The number of piperazine rings is 1. The Labute approximate surface area is 160 Å². The minimum absolute atomic E-state index is 0.488. The number of aromatic amines is 1. The topological polar surface area (TPSA) is 51.7 Å². The van der Waals surface area contributed by atoms with E-state index in [1.807, 2.05) is 24.4 Å². The maximum Gasteiger partial charge on any atom is 0.142 e. The van der Waals surface area contributed by atoms with Gasteiger partial charge in [-0.05, 0) is 31.2 Å². The van der Waals surface area contributed by atoms with Crippen LogP contribution in [0.4, 0.5) is 5.69 Å². The Balaban J connectivity index is 1.41. The van der Waals surface area contributed by atoms with Crippen LogP contribution in [-0.2, 0) is 0 Å². The first-order chi connectivity index (χ1) is 13.2. The number of hydrogen-bond acceptors (Lipinski definition) is 4. The van der Waals surface area contributed by atoms with Crippen LogP contribution in [-0.4, -0.2) is 54.8 Å². The SMILES string of the molecule is COc1ccccc1N1CCN(CC(O)c2c[nH]c3ccc(C)cc23)CC1. The molecule has 1 saturated heterocycles. The molecule has 5 nitrogen and oxygen atoms in total. The normalized spacial score (nSPS) is 16.6. The number of ether oxygens (including phenoxy) is 1. The number of H-pyrrole nitrogens is 1. The number of aryl methyl sites for hydroxylation is 1. The van der Waals surface area contributed by atoms with Crippen LogP contribution in [0.1, 0.15) is 17.2 Å². The van der Waals surface area contributed by atoms with E-state index in [1.54, 1.807) is 7.11 Å². The highest BCUT2D eigenvalue weighted by atomic mass is 16.5. The van der Waals surface area contributed by atoms with Crippen molar-refractivity contribution in [2.24, 2.45) is 0 Å². The number of anilines is 1. The highest BCUT2D eigenvalue weighted by Gasteiger charge is 2.23. The molecule has 1 fully saturated rings. The van der Waals surface area contributed by atoms with E-state index in [0.29, 0.717) is 6.54 Å². The van der Waals surface area contributed by atoms with E-state index >= 15 is 0 Å². The summed E-state index contributed by atoms with van der Waals surface area (Å²) in [4.78, 5) is 7.97. The number of aliphatic hydroxyl groups is 1. The molecule has 1 unspecified atom stereocenters. The molecule has 1 aliphatic rings. The highest BCUT2D eigenvalue weighted by molar-refractivity contribution is 5.84. The van der Waals surface area contributed by atoms with Crippen molar-refractivity contribution >= 4 is 16.6 Å². The molecule has 2 aromatic carbocycles. The average Bonchev–Trinajstić information content (AvgIpc) is 3.11. The summed E-state index contributed by atoms with van der Waals surface area (Å²) in [5.41, 5.74) is 4.42. The van der Waals surface area contributed by atoms with E-state index in [9.17, 15) is 5.11 Å². The number of methoxy groups -OCH3 is 1. The standard InChI is InChI=1S/C22H27N3O2/c1-16-7-8-19-17(13-16)18(14-23-19)21(26)15-24-9-11-25(12-10-24)20-5-3-4-6-22(20)27-2/h3-8,13-14,21,23,26H,9-12,15H2,1-2H3. The van der Waals surface area contributed by atoms with E-state index < -0.39 is 6.10 Å². The van der Waals surface area contributed by atoms with Gasteiger partial charge in [-0.15, -0.1) is 0 Å². The lowest BCUT2D eigenvalue weighted by molar-refractivity contribution is 0.110. The molecule has 4 rings (SSSR count). The Hall–Kier alpha value is -2.50. The lowest BCUT2D eigenvalue weighted by Crippen LogP contribution is -2.47. The maximum absolute atomic E-state index is 10.8. The highest BCUT2D eigenvalue weighted by Crippen LogP contribution is 2.29. The summed E-state index contributed by atoms with van der Waals surface area (Å²) in [7, 11) is 1.72. The quantitative estimate of drug-likeness (QED) is 0.728. The lowest BCUT2D eigenvalue weighted by Gasteiger charge is -2.37. The van der Waals surface area contributed by atoms with Crippen molar-refractivity contribution in [3.63, 3.8) is 0 Å². The third-order valence-electron chi connectivity index (χ3n) is 5.46. The van der Waals surface area contributed by atoms with Crippen LogP contribution in [0.25, 0.3) is 10.9 Å².